The number of hydrogen-bond donors (Lipinski definition) is 1. The predicted octanol–water partition coefficient (Wildman–Crippen LogP) is 3.93. The zero-order valence-electron chi connectivity index (χ0n) is 14.5. The van der Waals surface area contributed by atoms with Crippen LogP contribution in [0, 0.1) is 12.8 Å². The highest BCUT2D eigenvalue weighted by molar-refractivity contribution is 5.36. The topological polar surface area (TPSA) is 30.5 Å². The van der Waals surface area contributed by atoms with Crippen molar-refractivity contribution >= 4 is 0 Å². The Bertz CT molecular complexity index is 422. The second-order valence-corrected chi connectivity index (χ2v) is 6.95. The zero-order chi connectivity index (χ0) is 15.9. The number of nitrogens with one attached hydrogen (secondary N) is 1. The quantitative estimate of drug-likeness (QED) is 0.737. The molecule has 0 aliphatic rings. The van der Waals surface area contributed by atoms with Gasteiger partial charge in [-0.3, -0.25) is 0 Å². The average molecular weight is 293 g/mol. The monoisotopic (exact) mass is 293 g/mol. The molecular weight excluding hydrogens is 262 g/mol. The van der Waals surface area contributed by atoms with Crippen LogP contribution in [-0.4, -0.2) is 25.4 Å². The van der Waals surface area contributed by atoms with Crippen LogP contribution >= 0.6 is 0 Å². The molecule has 0 fully saturated rings. The summed E-state index contributed by atoms with van der Waals surface area (Å²) in [6, 6.07) is 6.33. The number of ether oxygens (including phenoxy) is 2. The molecule has 0 aromatic heterocycles. The molecular formula is C18H31NO2. The largest absolute Gasteiger partial charge is 0.491 e. The molecule has 0 bridgehead atoms. The van der Waals surface area contributed by atoms with Gasteiger partial charge in [0.15, 0.2) is 0 Å². The Morgan fingerprint density at radius 3 is 2.48 bits per heavy atom. The van der Waals surface area contributed by atoms with Crippen molar-refractivity contribution in [3.8, 4) is 5.75 Å². The molecule has 0 aliphatic carbocycles. The zero-order valence-corrected chi connectivity index (χ0v) is 14.5. The third kappa shape index (κ3) is 8.08. The smallest absolute Gasteiger partial charge is 0.123 e. The summed E-state index contributed by atoms with van der Waals surface area (Å²) in [5.41, 5.74) is 2.36. The lowest BCUT2D eigenvalue weighted by Crippen LogP contribution is -2.23. The molecule has 0 unspecified atom stereocenters. The van der Waals surface area contributed by atoms with E-state index in [1.165, 1.54) is 11.1 Å². The van der Waals surface area contributed by atoms with Gasteiger partial charge in [-0.05, 0) is 46.2 Å². The highest BCUT2D eigenvalue weighted by atomic mass is 16.5. The Hall–Kier alpha value is -1.06. The van der Waals surface area contributed by atoms with E-state index in [1.807, 2.05) is 0 Å². The normalized spacial score (nSPS) is 12.0. The first kappa shape index (κ1) is 18.0. The van der Waals surface area contributed by atoms with Crippen molar-refractivity contribution in [1.82, 2.24) is 5.32 Å². The van der Waals surface area contributed by atoms with Crippen molar-refractivity contribution in [3.63, 3.8) is 0 Å². The third-order valence-electron chi connectivity index (χ3n) is 2.96. The molecule has 0 atom stereocenters. The van der Waals surface area contributed by atoms with E-state index in [-0.39, 0.29) is 5.60 Å². The molecule has 21 heavy (non-hydrogen) atoms. The third-order valence-corrected chi connectivity index (χ3v) is 2.96. The van der Waals surface area contributed by atoms with Crippen molar-refractivity contribution < 1.29 is 9.47 Å². The van der Waals surface area contributed by atoms with Gasteiger partial charge in [0, 0.05) is 12.1 Å². The highest BCUT2D eigenvalue weighted by Gasteiger charge is 2.10. The van der Waals surface area contributed by atoms with Crippen LogP contribution in [0.3, 0.4) is 0 Å². The van der Waals surface area contributed by atoms with E-state index in [9.17, 15) is 0 Å². The van der Waals surface area contributed by atoms with Crippen LogP contribution in [-0.2, 0) is 11.3 Å². The van der Waals surface area contributed by atoms with Gasteiger partial charge in [0.1, 0.15) is 12.4 Å². The van der Waals surface area contributed by atoms with Gasteiger partial charge in [0.2, 0.25) is 0 Å². The van der Waals surface area contributed by atoms with E-state index in [0.29, 0.717) is 19.1 Å². The van der Waals surface area contributed by atoms with Gasteiger partial charge in [0.25, 0.3) is 0 Å². The summed E-state index contributed by atoms with van der Waals surface area (Å²) in [4.78, 5) is 0. The fraction of sp³-hybridized carbons (Fsp3) is 0.667. The summed E-state index contributed by atoms with van der Waals surface area (Å²) < 4.78 is 11.6. The molecule has 3 heteroatoms. The Morgan fingerprint density at radius 2 is 1.86 bits per heavy atom. The lowest BCUT2D eigenvalue weighted by molar-refractivity contribution is -0.0164. The number of aryl methyl sites for hydroxylation is 1. The maximum absolute atomic E-state index is 5.88. The Balaban J connectivity index is 2.52. The van der Waals surface area contributed by atoms with Crippen LogP contribution in [0.4, 0.5) is 0 Å². The number of hydrogen-bond acceptors (Lipinski definition) is 3. The Morgan fingerprint density at radius 1 is 1.14 bits per heavy atom. The van der Waals surface area contributed by atoms with E-state index in [0.717, 1.165) is 18.8 Å². The molecule has 1 rings (SSSR count). The van der Waals surface area contributed by atoms with E-state index >= 15 is 0 Å². The molecule has 1 N–H and O–H groups in total. The van der Waals surface area contributed by atoms with E-state index in [2.05, 4.69) is 65.1 Å². The molecule has 1 aromatic rings. The summed E-state index contributed by atoms with van der Waals surface area (Å²) in [5, 5.41) is 3.47. The molecule has 0 amide bonds. The van der Waals surface area contributed by atoms with Crippen LogP contribution < -0.4 is 10.1 Å². The van der Waals surface area contributed by atoms with Crippen LogP contribution in [0.25, 0.3) is 0 Å². The first-order valence-corrected chi connectivity index (χ1v) is 7.85. The summed E-state index contributed by atoms with van der Waals surface area (Å²) in [5.74, 6) is 1.61. The van der Waals surface area contributed by atoms with Crippen molar-refractivity contribution in [2.45, 2.75) is 53.7 Å². The molecule has 0 aliphatic heterocycles. The second kappa shape index (κ2) is 8.40. The average Bonchev–Trinajstić information content (AvgIpc) is 2.35. The van der Waals surface area contributed by atoms with E-state index in [4.69, 9.17) is 9.47 Å². The molecule has 1 aromatic carbocycles. The maximum atomic E-state index is 5.88. The second-order valence-electron chi connectivity index (χ2n) is 6.95. The van der Waals surface area contributed by atoms with Gasteiger partial charge in [-0.1, -0.05) is 31.5 Å². The van der Waals surface area contributed by atoms with E-state index < -0.39 is 0 Å². The summed E-state index contributed by atoms with van der Waals surface area (Å²) in [6.07, 6.45) is 0. The van der Waals surface area contributed by atoms with Crippen LogP contribution in [0.1, 0.15) is 45.7 Å². The molecule has 0 spiro atoms. The van der Waals surface area contributed by atoms with Gasteiger partial charge < -0.3 is 14.8 Å². The van der Waals surface area contributed by atoms with Crippen molar-refractivity contribution in [1.29, 1.82) is 0 Å². The Kier molecular flexibility index (Phi) is 7.20. The summed E-state index contributed by atoms with van der Waals surface area (Å²) in [7, 11) is 0. The van der Waals surface area contributed by atoms with E-state index in [1.54, 1.807) is 0 Å². The van der Waals surface area contributed by atoms with Gasteiger partial charge in [-0.2, -0.15) is 0 Å². The van der Waals surface area contributed by atoms with Crippen LogP contribution in [0.15, 0.2) is 18.2 Å². The van der Waals surface area contributed by atoms with Crippen LogP contribution in [0.5, 0.6) is 5.75 Å². The van der Waals surface area contributed by atoms with Gasteiger partial charge >= 0.3 is 0 Å². The fourth-order valence-corrected chi connectivity index (χ4v) is 1.98. The summed E-state index contributed by atoms with van der Waals surface area (Å²) in [6.45, 7) is 15.7. The molecule has 0 saturated carbocycles. The molecule has 3 nitrogen and oxygen atoms in total. The minimum absolute atomic E-state index is 0.113. The first-order valence-electron chi connectivity index (χ1n) is 7.85. The molecule has 0 saturated heterocycles. The summed E-state index contributed by atoms with van der Waals surface area (Å²) >= 11 is 0. The lowest BCUT2D eigenvalue weighted by Gasteiger charge is -2.20. The molecule has 0 radical (unpaired) electrons. The van der Waals surface area contributed by atoms with Crippen LogP contribution in [0.2, 0.25) is 0 Å². The number of rotatable bonds is 8. The maximum Gasteiger partial charge on any atom is 0.123 e. The fourth-order valence-electron chi connectivity index (χ4n) is 1.98. The van der Waals surface area contributed by atoms with Crippen molar-refractivity contribution in [2.24, 2.45) is 5.92 Å². The number of benzene rings is 1. The highest BCUT2D eigenvalue weighted by Crippen LogP contribution is 2.20. The standard InChI is InChI=1S/C18H31NO2/c1-14(2)12-19-13-16-11-15(3)7-8-17(16)20-9-10-21-18(4,5)6/h7-8,11,14,19H,9-10,12-13H2,1-6H3. The van der Waals surface area contributed by atoms with Crippen molar-refractivity contribution in [3.05, 3.63) is 29.3 Å². The van der Waals surface area contributed by atoms with Crippen molar-refractivity contribution in [2.75, 3.05) is 19.8 Å². The lowest BCUT2D eigenvalue weighted by atomic mass is 10.1. The molecule has 120 valence electrons. The predicted molar refractivity (Wildman–Crippen MR) is 88.9 cm³/mol. The minimum Gasteiger partial charge on any atom is -0.491 e. The van der Waals surface area contributed by atoms with Gasteiger partial charge in [-0.15, -0.1) is 0 Å². The SMILES string of the molecule is Cc1ccc(OCCOC(C)(C)C)c(CNCC(C)C)c1. The van der Waals surface area contributed by atoms with Gasteiger partial charge in [-0.25, -0.2) is 0 Å². The molecule has 0 heterocycles. The van der Waals surface area contributed by atoms with Gasteiger partial charge in [0.05, 0.1) is 12.2 Å². The Labute approximate surface area is 130 Å². The minimum atomic E-state index is -0.113. The first-order chi connectivity index (χ1) is 9.78.